The summed E-state index contributed by atoms with van der Waals surface area (Å²) in [7, 11) is 0. The molecule has 1 aliphatic heterocycles. The van der Waals surface area contributed by atoms with Crippen LogP contribution in [0.4, 0.5) is 0 Å². The van der Waals surface area contributed by atoms with Gasteiger partial charge in [-0.1, -0.05) is 0 Å². The van der Waals surface area contributed by atoms with Gasteiger partial charge in [-0.05, 0) is 20.3 Å². The van der Waals surface area contributed by atoms with Crippen LogP contribution in [0.5, 0.6) is 0 Å². The maximum Gasteiger partial charge on any atom is 0.311 e. The minimum atomic E-state index is -0.106. The lowest BCUT2D eigenvalue weighted by Gasteiger charge is -2.09. The lowest BCUT2D eigenvalue weighted by atomic mass is 10.1. The Morgan fingerprint density at radius 2 is 2.45 bits per heavy atom. The van der Waals surface area contributed by atoms with Gasteiger partial charge in [-0.2, -0.15) is 0 Å². The molecule has 0 saturated carbocycles. The van der Waals surface area contributed by atoms with E-state index in [1.54, 1.807) is 0 Å². The average Bonchev–Trinajstić information content (AvgIpc) is 2.31. The Bertz CT molecular complexity index is 142. The first kappa shape index (κ1) is 8.53. The van der Waals surface area contributed by atoms with Gasteiger partial charge in [0.2, 0.25) is 0 Å². The second-order valence-electron chi connectivity index (χ2n) is 3.04. The maximum atomic E-state index is 10.9. The zero-order chi connectivity index (χ0) is 8.27. The molecule has 0 radical (unpaired) electrons. The van der Waals surface area contributed by atoms with E-state index in [0.717, 1.165) is 6.42 Å². The van der Waals surface area contributed by atoms with Crippen molar-refractivity contribution in [3.63, 3.8) is 0 Å². The topological polar surface area (TPSA) is 35.5 Å². The molecule has 0 spiro atoms. The van der Waals surface area contributed by atoms with Gasteiger partial charge in [0.1, 0.15) is 0 Å². The van der Waals surface area contributed by atoms with Gasteiger partial charge in [0, 0.05) is 0 Å². The van der Waals surface area contributed by atoms with Gasteiger partial charge >= 0.3 is 5.97 Å². The van der Waals surface area contributed by atoms with Gasteiger partial charge in [-0.25, -0.2) is 0 Å². The number of hydrogen-bond donors (Lipinski definition) is 0. The first-order chi connectivity index (χ1) is 5.20. The number of esters is 1. The Balaban J connectivity index is 2.20. The molecule has 0 aromatic heterocycles. The number of cyclic esters (lactones) is 1. The van der Waals surface area contributed by atoms with Crippen molar-refractivity contribution in [3.05, 3.63) is 0 Å². The van der Waals surface area contributed by atoms with E-state index in [4.69, 9.17) is 9.47 Å². The third-order valence-electron chi connectivity index (χ3n) is 1.67. The summed E-state index contributed by atoms with van der Waals surface area (Å²) in [6, 6.07) is 0. The molecular weight excluding hydrogens is 144 g/mol. The molecule has 0 aliphatic carbocycles. The van der Waals surface area contributed by atoms with Crippen LogP contribution < -0.4 is 0 Å². The molecular formula is C8H14O3. The molecule has 1 aliphatic rings. The van der Waals surface area contributed by atoms with E-state index >= 15 is 0 Å². The Kier molecular flexibility index (Phi) is 2.88. The van der Waals surface area contributed by atoms with Gasteiger partial charge in [-0.15, -0.1) is 0 Å². The van der Waals surface area contributed by atoms with Crippen molar-refractivity contribution < 1.29 is 14.3 Å². The van der Waals surface area contributed by atoms with Crippen molar-refractivity contribution in [2.45, 2.75) is 26.4 Å². The van der Waals surface area contributed by atoms with Crippen molar-refractivity contribution in [2.75, 3.05) is 13.2 Å². The van der Waals surface area contributed by atoms with Crippen LogP contribution in [0.3, 0.4) is 0 Å². The van der Waals surface area contributed by atoms with Gasteiger partial charge < -0.3 is 9.47 Å². The molecule has 1 unspecified atom stereocenters. The molecule has 0 aromatic rings. The van der Waals surface area contributed by atoms with Crippen LogP contribution >= 0.6 is 0 Å². The number of rotatable bonds is 3. The number of carbonyl (C=O) groups excluding carboxylic acids is 1. The number of ether oxygens (including phenoxy) is 2. The van der Waals surface area contributed by atoms with E-state index in [1.807, 2.05) is 13.8 Å². The highest BCUT2D eigenvalue weighted by Crippen LogP contribution is 2.14. The van der Waals surface area contributed by atoms with Crippen LogP contribution in [0.1, 0.15) is 20.3 Å². The molecule has 1 fully saturated rings. The lowest BCUT2D eigenvalue weighted by molar-refractivity contribution is -0.143. The summed E-state index contributed by atoms with van der Waals surface area (Å²) in [4.78, 5) is 10.9. The highest BCUT2D eigenvalue weighted by atomic mass is 16.5. The zero-order valence-corrected chi connectivity index (χ0v) is 7.00. The molecule has 1 heterocycles. The first-order valence-corrected chi connectivity index (χ1v) is 3.98. The van der Waals surface area contributed by atoms with Crippen molar-refractivity contribution >= 4 is 5.97 Å². The Morgan fingerprint density at radius 1 is 1.73 bits per heavy atom. The molecule has 11 heavy (non-hydrogen) atoms. The molecule has 0 bridgehead atoms. The first-order valence-electron chi connectivity index (χ1n) is 3.98. The van der Waals surface area contributed by atoms with E-state index in [0.29, 0.717) is 13.2 Å². The van der Waals surface area contributed by atoms with Crippen molar-refractivity contribution in [2.24, 2.45) is 5.92 Å². The smallest absolute Gasteiger partial charge is 0.311 e. The third-order valence-corrected chi connectivity index (χ3v) is 1.67. The predicted molar refractivity (Wildman–Crippen MR) is 40.2 cm³/mol. The van der Waals surface area contributed by atoms with Crippen LogP contribution in [-0.2, 0) is 14.3 Å². The molecule has 3 nitrogen and oxygen atoms in total. The molecule has 1 rings (SSSR count). The van der Waals surface area contributed by atoms with Crippen molar-refractivity contribution in [3.8, 4) is 0 Å². The summed E-state index contributed by atoms with van der Waals surface area (Å²) in [6.07, 6.45) is 1.01. The van der Waals surface area contributed by atoms with Crippen LogP contribution in [0.2, 0.25) is 0 Å². The van der Waals surface area contributed by atoms with Gasteiger partial charge in [-0.3, -0.25) is 4.79 Å². The molecule has 0 aromatic carbocycles. The third kappa shape index (κ3) is 2.50. The van der Waals surface area contributed by atoms with Crippen LogP contribution in [-0.4, -0.2) is 25.3 Å². The largest absolute Gasteiger partial charge is 0.465 e. The summed E-state index contributed by atoms with van der Waals surface area (Å²) in [5.74, 6) is -0.122. The fraction of sp³-hybridized carbons (Fsp3) is 0.875. The Hall–Kier alpha value is -0.570. The molecule has 64 valence electrons. The van der Waals surface area contributed by atoms with Crippen molar-refractivity contribution in [1.29, 1.82) is 0 Å². The van der Waals surface area contributed by atoms with E-state index < -0.39 is 0 Å². The number of hydrogen-bond acceptors (Lipinski definition) is 3. The predicted octanol–water partition coefficient (Wildman–Crippen LogP) is 0.974. The normalized spacial score (nSPS) is 24.3. The Morgan fingerprint density at radius 3 is 2.91 bits per heavy atom. The van der Waals surface area contributed by atoms with Crippen LogP contribution in [0, 0.1) is 5.92 Å². The van der Waals surface area contributed by atoms with E-state index in [2.05, 4.69) is 0 Å². The lowest BCUT2D eigenvalue weighted by Crippen LogP contribution is -2.17. The minimum absolute atomic E-state index is 0.0163. The highest BCUT2D eigenvalue weighted by molar-refractivity contribution is 5.74. The summed E-state index contributed by atoms with van der Waals surface area (Å²) in [5.41, 5.74) is 0. The Labute approximate surface area is 66.7 Å². The van der Waals surface area contributed by atoms with Gasteiger partial charge in [0.15, 0.2) is 0 Å². The summed E-state index contributed by atoms with van der Waals surface area (Å²) in [5, 5.41) is 0. The second kappa shape index (κ2) is 3.72. The molecule has 0 amide bonds. The van der Waals surface area contributed by atoms with Crippen molar-refractivity contribution in [1.82, 2.24) is 0 Å². The second-order valence-corrected chi connectivity index (χ2v) is 3.04. The van der Waals surface area contributed by atoms with Gasteiger partial charge in [0.25, 0.3) is 0 Å². The van der Waals surface area contributed by atoms with Gasteiger partial charge in [0.05, 0.1) is 25.2 Å². The van der Waals surface area contributed by atoms with E-state index in [-0.39, 0.29) is 18.0 Å². The maximum absolute atomic E-state index is 10.9. The quantitative estimate of drug-likeness (QED) is 0.574. The molecule has 1 atom stereocenters. The zero-order valence-electron chi connectivity index (χ0n) is 7.00. The molecule has 1 saturated heterocycles. The monoisotopic (exact) mass is 158 g/mol. The minimum Gasteiger partial charge on any atom is -0.465 e. The van der Waals surface area contributed by atoms with Crippen LogP contribution in [0.25, 0.3) is 0 Å². The number of carbonyl (C=O) groups is 1. The summed E-state index contributed by atoms with van der Waals surface area (Å²) < 4.78 is 10.1. The summed E-state index contributed by atoms with van der Waals surface area (Å²) in [6.45, 7) is 4.99. The fourth-order valence-electron chi connectivity index (χ4n) is 0.997. The highest BCUT2D eigenvalue weighted by Gasteiger charge is 2.26. The van der Waals surface area contributed by atoms with Crippen LogP contribution in [0.15, 0.2) is 0 Å². The summed E-state index contributed by atoms with van der Waals surface area (Å²) >= 11 is 0. The van der Waals surface area contributed by atoms with E-state index in [9.17, 15) is 4.79 Å². The average molecular weight is 158 g/mol. The van der Waals surface area contributed by atoms with E-state index in [1.165, 1.54) is 0 Å². The fourth-order valence-corrected chi connectivity index (χ4v) is 0.997. The standard InChI is InChI=1S/C8H14O3/c1-6(2)11-5-7-3-4-10-8(7)9/h6-7H,3-5H2,1-2H3. The molecule has 3 heteroatoms. The SMILES string of the molecule is CC(C)OCC1CCOC1=O. The molecule has 0 N–H and O–H groups in total.